The molecule has 0 bridgehead atoms. The van der Waals surface area contributed by atoms with Crippen LogP contribution in [0.1, 0.15) is 23.1 Å². The lowest BCUT2D eigenvalue weighted by atomic mass is 10.0. The molecule has 2 aliphatic heterocycles. The Bertz CT molecular complexity index is 748. The lowest BCUT2D eigenvalue weighted by Crippen LogP contribution is -2.40. The van der Waals surface area contributed by atoms with E-state index < -0.39 is 0 Å². The summed E-state index contributed by atoms with van der Waals surface area (Å²) in [5.41, 5.74) is 4.54. The van der Waals surface area contributed by atoms with Gasteiger partial charge in [-0.3, -0.25) is 14.8 Å². The summed E-state index contributed by atoms with van der Waals surface area (Å²) in [7, 11) is 0. The second-order valence-electron chi connectivity index (χ2n) is 6.59. The average molecular weight is 323 g/mol. The van der Waals surface area contributed by atoms with E-state index in [0.717, 1.165) is 37.3 Å². The molecular formula is C19H21N3O2. The maximum absolute atomic E-state index is 12.2. The van der Waals surface area contributed by atoms with Gasteiger partial charge in [0.2, 0.25) is 0 Å². The molecule has 2 aromatic rings. The van der Waals surface area contributed by atoms with Crippen molar-refractivity contribution in [1.82, 2.24) is 9.88 Å². The second kappa shape index (κ2) is 6.24. The predicted octanol–water partition coefficient (Wildman–Crippen LogP) is 3.12. The Labute approximate surface area is 141 Å². The van der Waals surface area contributed by atoms with Gasteiger partial charge in [0.05, 0.1) is 11.7 Å². The molecule has 0 radical (unpaired) electrons. The molecule has 1 aromatic carbocycles. The summed E-state index contributed by atoms with van der Waals surface area (Å²) >= 11 is 0. The number of nitrogens with zero attached hydrogens (tertiary/aromatic N) is 3. The normalized spacial score (nSPS) is 20.8. The number of hydrogen-bond donors (Lipinski definition) is 0. The van der Waals surface area contributed by atoms with Crippen LogP contribution >= 0.6 is 0 Å². The smallest absolute Gasteiger partial charge is 0.414 e. The summed E-state index contributed by atoms with van der Waals surface area (Å²) in [6.07, 6.45) is 4.42. The lowest BCUT2D eigenvalue weighted by molar-refractivity contribution is 0.177. The summed E-state index contributed by atoms with van der Waals surface area (Å²) in [4.78, 5) is 20.7. The molecule has 1 saturated heterocycles. The van der Waals surface area contributed by atoms with Gasteiger partial charge in [-0.25, -0.2) is 4.79 Å². The number of carbonyl (C=O) groups excluding carboxylic acids is 1. The van der Waals surface area contributed by atoms with Crippen molar-refractivity contribution < 1.29 is 9.53 Å². The number of aryl methyl sites for hydroxylation is 1. The van der Waals surface area contributed by atoms with Gasteiger partial charge in [-0.05, 0) is 42.2 Å². The van der Waals surface area contributed by atoms with Crippen LogP contribution in [0.3, 0.4) is 0 Å². The summed E-state index contributed by atoms with van der Waals surface area (Å²) in [6.45, 7) is 5.15. The van der Waals surface area contributed by atoms with Crippen molar-refractivity contribution >= 4 is 11.8 Å². The van der Waals surface area contributed by atoms with Crippen LogP contribution in [0.15, 0.2) is 42.7 Å². The summed E-state index contributed by atoms with van der Waals surface area (Å²) in [5.74, 6) is 0. The van der Waals surface area contributed by atoms with Gasteiger partial charge in [0.1, 0.15) is 6.61 Å². The van der Waals surface area contributed by atoms with Gasteiger partial charge in [-0.15, -0.1) is 0 Å². The Morgan fingerprint density at radius 3 is 3.08 bits per heavy atom. The van der Waals surface area contributed by atoms with E-state index in [1.807, 2.05) is 17.2 Å². The fraction of sp³-hybridized carbons (Fsp3) is 0.368. The third-order valence-electron chi connectivity index (χ3n) is 4.76. The van der Waals surface area contributed by atoms with Crippen LogP contribution in [0.4, 0.5) is 10.5 Å². The van der Waals surface area contributed by atoms with Crippen molar-refractivity contribution in [3.63, 3.8) is 0 Å². The van der Waals surface area contributed by atoms with Gasteiger partial charge in [-0.2, -0.15) is 0 Å². The minimum absolute atomic E-state index is 0.120. The number of cyclic esters (lactones) is 1. The Kier molecular flexibility index (Phi) is 3.94. The van der Waals surface area contributed by atoms with Crippen molar-refractivity contribution in [2.45, 2.75) is 32.5 Å². The standard InChI is InChI=1S/C19H21N3O2/c1-14-4-5-16-12-21(11-15-3-2-7-20-10-15)8-6-17-13-24-19(23)22(17)18(16)9-14/h2-5,7,9-10,17H,6,8,11-13H2,1H3/t17-/m0/s1. The van der Waals surface area contributed by atoms with Gasteiger partial charge in [0, 0.05) is 32.0 Å². The SMILES string of the molecule is Cc1ccc2c(c1)N1C(=O)OC[C@@H]1CCN(Cc1cccnc1)C2. The first-order valence-electron chi connectivity index (χ1n) is 8.37. The maximum atomic E-state index is 12.2. The van der Waals surface area contributed by atoms with Gasteiger partial charge >= 0.3 is 6.09 Å². The molecule has 0 saturated carbocycles. The molecule has 1 aromatic heterocycles. The number of amides is 1. The lowest BCUT2D eigenvalue weighted by Gasteiger charge is -2.32. The number of rotatable bonds is 2. The second-order valence-corrected chi connectivity index (χ2v) is 6.59. The average Bonchev–Trinajstić information content (AvgIpc) is 2.94. The van der Waals surface area contributed by atoms with Crippen LogP contribution in [-0.2, 0) is 17.8 Å². The van der Waals surface area contributed by atoms with E-state index in [9.17, 15) is 4.79 Å². The highest BCUT2D eigenvalue weighted by atomic mass is 16.6. The quantitative estimate of drug-likeness (QED) is 0.852. The van der Waals surface area contributed by atoms with Gasteiger partial charge < -0.3 is 4.74 Å². The van der Waals surface area contributed by atoms with Gasteiger partial charge in [0.15, 0.2) is 0 Å². The molecule has 5 heteroatoms. The monoisotopic (exact) mass is 323 g/mol. The Balaban J connectivity index is 1.66. The highest BCUT2D eigenvalue weighted by Gasteiger charge is 2.36. The molecule has 0 N–H and O–H groups in total. The molecule has 3 heterocycles. The van der Waals surface area contributed by atoms with Crippen molar-refractivity contribution in [3.8, 4) is 0 Å². The molecule has 0 unspecified atom stereocenters. The number of pyridine rings is 1. The van der Waals surface area contributed by atoms with Crippen molar-refractivity contribution in [1.29, 1.82) is 0 Å². The van der Waals surface area contributed by atoms with E-state index in [1.165, 1.54) is 11.1 Å². The zero-order valence-corrected chi connectivity index (χ0v) is 13.8. The molecule has 4 rings (SSSR count). The van der Waals surface area contributed by atoms with Crippen LogP contribution in [-0.4, -0.2) is 35.2 Å². The number of aromatic nitrogens is 1. The summed E-state index contributed by atoms with van der Waals surface area (Å²) in [6, 6.07) is 10.5. The van der Waals surface area contributed by atoms with Crippen LogP contribution < -0.4 is 4.90 Å². The molecule has 1 fully saturated rings. The van der Waals surface area contributed by atoms with Gasteiger partial charge in [-0.1, -0.05) is 18.2 Å². The minimum Gasteiger partial charge on any atom is -0.447 e. The third kappa shape index (κ3) is 2.87. The van der Waals surface area contributed by atoms with E-state index in [1.54, 1.807) is 6.20 Å². The Hall–Kier alpha value is -2.40. The molecule has 124 valence electrons. The van der Waals surface area contributed by atoms with E-state index in [4.69, 9.17) is 4.74 Å². The number of ether oxygens (including phenoxy) is 1. The fourth-order valence-electron chi connectivity index (χ4n) is 3.54. The zero-order chi connectivity index (χ0) is 16.5. The number of hydrogen-bond acceptors (Lipinski definition) is 4. The van der Waals surface area contributed by atoms with E-state index in [2.05, 4.69) is 41.1 Å². The van der Waals surface area contributed by atoms with Crippen molar-refractivity contribution in [3.05, 3.63) is 59.4 Å². The zero-order valence-electron chi connectivity index (χ0n) is 13.8. The molecule has 1 atom stereocenters. The van der Waals surface area contributed by atoms with Crippen LogP contribution in [0.25, 0.3) is 0 Å². The van der Waals surface area contributed by atoms with Crippen LogP contribution in [0.5, 0.6) is 0 Å². The highest BCUT2D eigenvalue weighted by molar-refractivity contribution is 5.91. The Morgan fingerprint density at radius 2 is 2.25 bits per heavy atom. The molecular weight excluding hydrogens is 302 g/mol. The number of fused-ring (bicyclic) bond motifs is 3. The molecule has 0 aliphatic carbocycles. The number of anilines is 1. The molecule has 1 amide bonds. The summed E-state index contributed by atoms with van der Waals surface area (Å²) in [5, 5.41) is 0. The van der Waals surface area contributed by atoms with Crippen molar-refractivity contribution in [2.75, 3.05) is 18.1 Å². The minimum atomic E-state index is -0.215. The molecule has 2 aliphatic rings. The maximum Gasteiger partial charge on any atom is 0.414 e. The van der Waals surface area contributed by atoms with Gasteiger partial charge in [0.25, 0.3) is 0 Å². The first-order valence-corrected chi connectivity index (χ1v) is 8.37. The Morgan fingerprint density at radius 1 is 1.33 bits per heavy atom. The van der Waals surface area contributed by atoms with Crippen LogP contribution in [0.2, 0.25) is 0 Å². The molecule has 24 heavy (non-hydrogen) atoms. The first-order chi connectivity index (χ1) is 11.7. The largest absolute Gasteiger partial charge is 0.447 e. The topological polar surface area (TPSA) is 45.7 Å². The van der Waals surface area contributed by atoms with Crippen LogP contribution in [0, 0.1) is 6.92 Å². The first kappa shape index (κ1) is 15.1. The van der Waals surface area contributed by atoms with E-state index in [-0.39, 0.29) is 12.1 Å². The predicted molar refractivity (Wildman–Crippen MR) is 91.8 cm³/mol. The fourth-order valence-corrected chi connectivity index (χ4v) is 3.54. The van der Waals surface area contributed by atoms with E-state index >= 15 is 0 Å². The summed E-state index contributed by atoms with van der Waals surface area (Å²) < 4.78 is 5.32. The highest BCUT2D eigenvalue weighted by Crippen LogP contribution is 2.32. The third-order valence-corrected chi connectivity index (χ3v) is 4.76. The number of carbonyl (C=O) groups is 1. The molecule has 5 nitrogen and oxygen atoms in total. The van der Waals surface area contributed by atoms with E-state index in [0.29, 0.717) is 6.61 Å². The number of benzene rings is 1. The van der Waals surface area contributed by atoms with Crippen molar-refractivity contribution in [2.24, 2.45) is 0 Å². The molecule has 0 spiro atoms.